The lowest BCUT2D eigenvalue weighted by Crippen LogP contribution is -2.29. The molecule has 4 aromatic rings. The molecule has 1 saturated heterocycles. The minimum absolute atomic E-state index is 0.335. The van der Waals surface area contributed by atoms with Crippen molar-refractivity contribution >= 4 is 74.7 Å². The van der Waals surface area contributed by atoms with Gasteiger partial charge in [0, 0.05) is 56.1 Å². The summed E-state index contributed by atoms with van der Waals surface area (Å²) in [5.41, 5.74) is 1.98. The van der Waals surface area contributed by atoms with Gasteiger partial charge in [-0.05, 0) is 74.6 Å². The Morgan fingerprint density at radius 2 is 1.78 bits per heavy atom. The smallest absolute Gasteiger partial charge is 0.272 e. The number of aromatic amines is 1. The number of aromatic nitrogens is 1. The predicted octanol–water partition coefficient (Wildman–Crippen LogP) is 7.81. The molecule has 0 saturated carbocycles. The van der Waals surface area contributed by atoms with Gasteiger partial charge in [0.05, 0.1) is 10.7 Å². The molecule has 10 heteroatoms. The van der Waals surface area contributed by atoms with Crippen molar-refractivity contribution in [2.24, 2.45) is 0 Å². The van der Waals surface area contributed by atoms with Gasteiger partial charge in [0.1, 0.15) is 11.5 Å². The van der Waals surface area contributed by atoms with Gasteiger partial charge < -0.3 is 20.1 Å². The number of carbonyl (C=O) groups excluding carboxylic acids is 1. The van der Waals surface area contributed by atoms with Gasteiger partial charge in [0.2, 0.25) is 0 Å². The lowest BCUT2D eigenvalue weighted by molar-refractivity contribution is 0.102. The van der Waals surface area contributed by atoms with Gasteiger partial charge in [-0.25, -0.2) is 4.39 Å². The number of hydrogen-bond acceptors (Lipinski definition) is 4. The number of amides is 1. The molecule has 3 aromatic carbocycles. The van der Waals surface area contributed by atoms with Gasteiger partial charge in [-0.15, -0.1) is 0 Å². The summed E-state index contributed by atoms with van der Waals surface area (Å²) in [6.07, 6.45) is 0.976. The fourth-order valence-corrected chi connectivity index (χ4v) is 6.18. The molecule has 0 spiro atoms. The molecular weight excluding hydrogens is 554 g/mol. The molecule has 37 heavy (non-hydrogen) atoms. The maximum atomic E-state index is 15.0. The summed E-state index contributed by atoms with van der Waals surface area (Å²) in [4.78, 5) is 22.1. The highest BCUT2D eigenvalue weighted by atomic mass is 35.5. The van der Waals surface area contributed by atoms with E-state index in [1.165, 1.54) is 17.8 Å². The van der Waals surface area contributed by atoms with Gasteiger partial charge in [-0.3, -0.25) is 4.79 Å². The summed E-state index contributed by atoms with van der Waals surface area (Å²) in [5.74, 6) is -0.736. The van der Waals surface area contributed by atoms with Crippen LogP contribution in [0.15, 0.2) is 64.4 Å². The zero-order valence-electron chi connectivity index (χ0n) is 20.0. The number of benzene rings is 3. The minimum atomic E-state index is -0.378. The highest BCUT2D eigenvalue weighted by Gasteiger charge is 2.18. The number of H-pyrrole nitrogens is 1. The van der Waals surface area contributed by atoms with Crippen molar-refractivity contribution in [1.29, 1.82) is 0 Å². The van der Waals surface area contributed by atoms with Crippen LogP contribution >= 0.6 is 46.6 Å². The summed E-state index contributed by atoms with van der Waals surface area (Å²) in [7, 11) is 2.07. The standard InChI is InChI=1S/C27H24Cl3FN4OS/c1-34-7-2-8-35(10-9-34)24-5-4-18(14-21(24)31)32-27(36)23-15-19-22(33-23)12-17(29)13-26(19)37-25-6-3-16(28)11-20(25)30/h3-6,11-15,33H,2,7-10H2,1H3,(H,32,36). The molecule has 192 valence electrons. The average Bonchev–Trinajstić information content (AvgIpc) is 3.16. The van der Waals surface area contributed by atoms with Gasteiger partial charge in [-0.2, -0.15) is 0 Å². The quantitative estimate of drug-likeness (QED) is 0.254. The van der Waals surface area contributed by atoms with Crippen LogP contribution < -0.4 is 10.2 Å². The summed E-state index contributed by atoms with van der Waals surface area (Å²) in [6.45, 7) is 3.44. The van der Waals surface area contributed by atoms with Gasteiger partial charge in [0.25, 0.3) is 5.91 Å². The second-order valence-corrected chi connectivity index (χ2v) is 11.4. The Kier molecular flexibility index (Phi) is 7.88. The number of likely N-dealkylation sites (N-methyl/N-ethyl adjacent to an activating group) is 1. The first-order chi connectivity index (χ1) is 17.8. The lowest BCUT2D eigenvalue weighted by Gasteiger charge is -2.23. The van der Waals surface area contributed by atoms with Crippen LogP contribution in [0.5, 0.6) is 0 Å². The van der Waals surface area contributed by atoms with Crippen molar-refractivity contribution in [2.45, 2.75) is 16.2 Å². The molecule has 2 N–H and O–H groups in total. The van der Waals surface area contributed by atoms with Crippen LogP contribution in [0.2, 0.25) is 15.1 Å². The Bertz CT molecular complexity index is 1480. The fraction of sp³-hybridized carbons (Fsp3) is 0.222. The molecule has 1 aromatic heterocycles. The molecule has 0 aliphatic carbocycles. The van der Waals surface area contributed by atoms with E-state index < -0.39 is 0 Å². The minimum Gasteiger partial charge on any atom is -0.368 e. The predicted molar refractivity (Wildman–Crippen MR) is 153 cm³/mol. The monoisotopic (exact) mass is 576 g/mol. The zero-order valence-corrected chi connectivity index (χ0v) is 23.0. The van der Waals surface area contributed by atoms with Gasteiger partial charge >= 0.3 is 0 Å². The second-order valence-electron chi connectivity index (χ2n) is 8.99. The third-order valence-electron chi connectivity index (χ3n) is 6.29. The highest BCUT2D eigenvalue weighted by Crippen LogP contribution is 2.40. The molecule has 0 atom stereocenters. The normalized spacial score (nSPS) is 14.7. The van der Waals surface area contributed by atoms with Gasteiger partial charge in [-0.1, -0.05) is 46.6 Å². The fourth-order valence-electron chi connectivity index (χ4n) is 4.38. The first-order valence-corrected chi connectivity index (χ1v) is 13.7. The van der Waals surface area contributed by atoms with Crippen LogP contribution in [-0.2, 0) is 0 Å². The van der Waals surface area contributed by atoms with E-state index in [1.807, 2.05) is 12.1 Å². The number of rotatable bonds is 5. The maximum absolute atomic E-state index is 15.0. The van der Waals surface area contributed by atoms with Gasteiger partial charge in [0.15, 0.2) is 0 Å². The molecule has 1 amide bonds. The van der Waals surface area contributed by atoms with Crippen LogP contribution in [0.25, 0.3) is 10.9 Å². The van der Waals surface area contributed by atoms with E-state index in [4.69, 9.17) is 34.8 Å². The van der Waals surface area contributed by atoms with Crippen molar-refractivity contribution in [3.63, 3.8) is 0 Å². The van der Waals surface area contributed by atoms with Crippen molar-refractivity contribution in [3.05, 3.63) is 81.2 Å². The number of hydrogen-bond donors (Lipinski definition) is 2. The lowest BCUT2D eigenvalue weighted by atomic mass is 10.2. The largest absolute Gasteiger partial charge is 0.368 e. The zero-order chi connectivity index (χ0) is 26.1. The number of nitrogens with one attached hydrogen (secondary N) is 2. The van der Waals surface area contributed by atoms with Crippen LogP contribution in [0, 0.1) is 5.82 Å². The number of nitrogens with zero attached hydrogens (tertiary/aromatic N) is 2. The van der Waals surface area contributed by atoms with Crippen LogP contribution in [0.3, 0.4) is 0 Å². The summed E-state index contributed by atoms with van der Waals surface area (Å²) < 4.78 is 15.0. The number of anilines is 2. The van der Waals surface area contributed by atoms with E-state index >= 15 is 0 Å². The molecule has 2 heterocycles. The second kappa shape index (κ2) is 11.1. The van der Waals surface area contributed by atoms with Crippen LogP contribution in [0.1, 0.15) is 16.9 Å². The molecule has 5 rings (SSSR count). The number of carbonyl (C=O) groups is 1. The topological polar surface area (TPSA) is 51.4 Å². The van der Waals surface area contributed by atoms with Crippen molar-refractivity contribution in [1.82, 2.24) is 9.88 Å². The van der Waals surface area contributed by atoms with Crippen LogP contribution in [-0.4, -0.2) is 49.0 Å². The Labute approximate surface area is 233 Å². The third kappa shape index (κ3) is 6.02. The molecule has 5 nitrogen and oxygen atoms in total. The Balaban J connectivity index is 1.36. The van der Waals surface area contributed by atoms with E-state index in [1.54, 1.807) is 36.4 Å². The molecule has 0 radical (unpaired) electrons. The summed E-state index contributed by atoms with van der Waals surface area (Å²) >= 11 is 20.2. The van der Waals surface area contributed by atoms with E-state index in [2.05, 4.69) is 27.1 Å². The Morgan fingerprint density at radius 1 is 0.946 bits per heavy atom. The van der Waals surface area contributed by atoms with Crippen molar-refractivity contribution < 1.29 is 9.18 Å². The Hall–Kier alpha value is -2.42. The SMILES string of the molecule is CN1CCCN(c2ccc(NC(=O)c3cc4c(Sc5ccc(Cl)cc5Cl)cc(Cl)cc4[nH]3)cc2F)CC1. The third-order valence-corrected chi connectivity index (χ3v) is 8.30. The van der Waals surface area contributed by atoms with E-state index in [0.717, 1.165) is 47.8 Å². The summed E-state index contributed by atoms with van der Waals surface area (Å²) in [6, 6.07) is 15.4. The Morgan fingerprint density at radius 3 is 2.57 bits per heavy atom. The average molecular weight is 578 g/mol. The van der Waals surface area contributed by atoms with Crippen molar-refractivity contribution in [2.75, 3.05) is 43.4 Å². The van der Waals surface area contributed by atoms with E-state index in [-0.39, 0.29) is 11.7 Å². The number of fused-ring (bicyclic) bond motifs is 1. The molecule has 1 aliphatic heterocycles. The molecule has 1 fully saturated rings. The highest BCUT2D eigenvalue weighted by molar-refractivity contribution is 7.99. The first kappa shape index (κ1) is 26.2. The maximum Gasteiger partial charge on any atom is 0.272 e. The summed E-state index contributed by atoms with van der Waals surface area (Å²) in [5, 5.41) is 5.21. The number of halogens is 4. The molecule has 0 unspecified atom stereocenters. The molecule has 1 aliphatic rings. The first-order valence-electron chi connectivity index (χ1n) is 11.8. The van der Waals surface area contributed by atoms with Crippen molar-refractivity contribution in [3.8, 4) is 0 Å². The molecule has 0 bridgehead atoms. The molecular formula is C27H24Cl3FN4OS. The van der Waals surface area contributed by atoms with E-state index in [0.29, 0.717) is 37.7 Å². The van der Waals surface area contributed by atoms with Crippen LogP contribution in [0.4, 0.5) is 15.8 Å². The van der Waals surface area contributed by atoms with E-state index in [9.17, 15) is 9.18 Å².